The van der Waals surface area contributed by atoms with Crippen LogP contribution in [0, 0.1) is 19.8 Å². The second-order valence-corrected chi connectivity index (χ2v) is 5.28. The zero-order valence-electron chi connectivity index (χ0n) is 12.1. The molecule has 0 bridgehead atoms. The van der Waals surface area contributed by atoms with Gasteiger partial charge in [-0.05, 0) is 37.9 Å². The number of pyridine rings is 1. The Morgan fingerprint density at radius 2 is 2.05 bits per heavy atom. The Labute approximate surface area is 114 Å². The van der Waals surface area contributed by atoms with Gasteiger partial charge in [-0.3, -0.25) is 4.57 Å². The lowest BCUT2D eigenvalue weighted by Crippen LogP contribution is -2.19. The summed E-state index contributed by atoms with van der Waals surface area (Å²) >= 11 is 0. The average Bonchev–Trinajstić information content (AvgIpc) is 2.77. The van der Waals surface area contributed by atoms with Crippen LogP contribution in [-0.4, -0.2) is 21.1 Å². The third-order valence-corrected chi connectivity index (χ3v) is 3.12. The van der Waals surface area contributed by atoms with E-state index in [4.69, 9.17) is 0 Å². The van der Waals surface area contributed by atoms with Gasteiger partial charge in [0.05, 0.1) is 0 Å². The van der Waals surface area contributed by atoms with E-state index in [0.29, 0.717) is 5.92 Å². The quantitative estimate of drug-likeness (QED) is 0.896. The summed E-state index contributed by atoms with van der Waals surface area (Å²) in [6, 6.07) is 4.19. The van der Waals surface area contributed by atoms with Crippen molar-refractivity contribution in [3.63, 3.8) is 0 Å². The maximum atomic E-state index is 4.66. The van der Waals surface area contributed by atoms with E-state index in [9.17, 15) is 0 Å². The standard InChI is InChI=1S/C15H22N4/c1-11(2)9-16-10-14-5-6-15(18-12(14)3)19-8-7-17-13(19)4/h5-8,11,16H,9-10H2,1-4H3. The zero-order valence-corrected chi connectivity index (χ0v) is 12.1. The van der Waals surface area contributed by atoms with Crippen LogP contribution in [0.3, 0.4) is 0 Å². The van der Waals surface area contributed by atoms with E-state index >= 15 is 0 Å². The summed E-state index contributed by atoms with van der Waals surface area (Å²) < 4.78 is 2.00. The molecule has 0 aromatic carbocycles. The van der Waals surface area contributed by atoms with Crippen molar-refractivity contribution in [1.29, 1.82) is 0 Å². The van der Waals surface area contributed by atoms with Crippen molar-refractivity contribution in [3.05, 3.63) is 41.6 Å². The van der Waals surface area contributed by atoms with Crippen LogP contribution in [0.15, 0.2) is 24.5 Å². The number of hydrogen-bond acceptors (Lipinski definition) is 3. The predicted molar refractivity (Wildman–Crippen MR) is 77.4 cm³/mol. The van der Waals surface area contributed by atoms with Gasteiger partial charge in [0.25, 0.3) is 0 Å². The molecule has 0 fully saturated rings. The number of imidazole rings is 1. The molecule has 0 spiro atoms. The van der Waals surface area contributed by atoms with Crippen molar-refractivity contribution in [2.75, 3.05) is 6.54 Å². The van der Waals surface area contributed by atoms with Gasteiger partial charge in [-0.2, -0.15) is 0 Å². The molecule has 102 valence electrons. The third kappa shape index (κ3) is 3.41. The number of aryl methyl sites for hydroxylation is 2. The van der Waals surface area contributed by atoms with Crippen LogP contribution >= 0.6 is 0 Å². The molecular weight excluding hydrogens is 236 g/mol. The van der Waals surface area contributed by atoms with Crippen LogP contribution in [-0.2, 0) is 6.54 Å². The molecule has 0 saturated heterocycles. The summed E-state index contributed by atoms with van der Waals surface area (Å²) in [5.41, 5.74) is 2.32. The van der Waals surface area contributed by atoms with E-state index in [-0.39, 0.29) is 0 Å². The molecule has 1 N–H and O–H groups in total. The summed E-state index contributed by atoms with van der Waals surface area (Å²) in [6.07, 6.45) is 3.73. The Bertz CT molecular complexity index is 543. The smallest absolute Gasteiger partial charge is 0.138 e. The monoisotopic (exact) mass is 258 g/mol. The van der Waals surface area contributed by atoms with E-state index in [1.165, 1.54) is 5.56 Å². The van der Waals surface area contributed by atoms with Crippen molar-refractivity contribution >= 4 is 0 Å². The van der Waals surface area contributed by atoms with Gasteiger partial charge in [0.2, 0.25) is 0 Å². The van der Waals surface area contributed by atoms with E-state index in [2.05, 4.69) is 42.1 Å². The number of aromatic nitrogens is 3. The fourth-order valence-electron chi connectivity index (χ4n) is 2.01. The highest BCUT2D eigenvalue weighted by atomic mass is 15.1. The summed E-state index contributed by atoms with van der Waals surface area (Å²) in [6.45, 7) is 10.4. The Hall–Kier alpha value is -1.68. The molecule has 0 aliphatic rings. The molecule has 0 amide bonds. The lowest BCUT2D eigenvalue weighted by molar-refractivity contribution is 0.551. The minimum Gasteiger partial charge on any atom is -0.312 e. The van der Waals surface area contributed by atoms with Gasteiger partial charge in [0.15, 0.2) is 0 Å². The molecule has 4 heteroatoms. The molecule has 4 nitrogen and oxygen atoms in total. The zero-order chi connectivity index (χ0) is 13.8. The molecule has 0 radical (unpaired) electrons. The van der Waals surface area contributed by atoms with Gasteiger partial charge in [-0.1, -0.05) is 19.9 Å². The van der Waals surface area contributed by atoms with Gasteiger partial charge < -0.3 is 5.32 Å². The number of rotatable bonds is 5. The van der Waals surface area contributed by atoms with Crippen LogP contribution in [0.1, 0.15) is 30.9 Å². The summed E-state index contributed by atoms with van der Waals surface area (Å²) in [7, 11) is 0. The first kappa shape index (κ1) is 13.7. The highest BCUT2D eigenvalue weighted by Gasteiger charge is 2.05. The van der Waals surface area contributed by atoms with Gasteiger partial charge in [0, 0.05) is 24.6 Å². The SMILES string of the molecule is Cc1nc(-n2ccnc2C)ccc1CNCC(C)C. The number of hydrogen-bond donors (Lipinski definition) is 1. The predicted octanol–water partition coefficient (Wildman–Crippen LogP) is 2.63. The molecule has 2 heterocycles. The van der Waals surface area contributed by atoms with Gasteiger partial charge >= 0.3 is 0 Å². The average molecular weight is 258 g/mol. The minimum atomic E-state index is 0.668. The van der Waals surface area contributed by atoms with Gasteiger partial charge in [-0.25, -0.2) is 9.97 Å². The maximum absolute atomic E-state index is 4.66. The first-order valence-electron chi connectivity index (χ1n) is 6.75. The van der Waals surface area contributed by atoms with E-state index in [1.54, 1.807) is 6.20 Å². The van der Waals surface area contributed by atoms with E-state index in [0.717, 1.165) is 30.4 Å². The first-order valence-corrected chi connectivity index (χ1v) is 6.75. The van der Waals surface area contributed by atoms with Crippen LogP contribution < -0.4 is 5.32 Å². The van der Waals surface area contributed by atoms with Crippen LogP contribution in [0.2, 0.25) is 0 Å². The highest BCUT2D eigenvalue weighted by Crippen LogP contribution is 2.12. The topological polar surface area (TPSA) is 42.7 Å². The molecule has 19 heavy (non-hydrogen) atoms. The molecule has 2 aromatic heterocycles. The molecule has 0 aliphatic heterocycles. The molecule has 0 atom stereocenters. The highest BCUT2D eigenvalue weighted by molar-refractivity contribution is 5.31. The Balaban J connectivity index is 2.11. The summed E-state index contributed by atoms with van der Waals surface area (Å²) in [5, 5.41) is 3.45. The van der Waals surface area contributed by atoms with E-state index in [1.807, 2.05) is 23.8 Å². The fraction of sp³-hybridized carbons (Fsp3) is 0.467. The van der Waals surface area contributed by atoms with E-state index < -0.39 is 0 Å². The molecule has 2 aromatic rings. The van der Waals surface area contributed by atoms with Gasteiger partial charge in [0.1, 0.15) is 11.6 Å². The van der Waals surface area contributed by atoms with Crippen molar-refractivity contribution < 1.29 is 0 Å². The van der Waals surface area contributed by atoms with Crippen molar-refractivity contribution in [3.8, 4) is 5.82 Å². The first-order chi connectivity index (χ1) is 9.08. The van der Waals surface area contributed by atoms with Gasteiger partial charge in [-0.15, -0.1) is 0 Å². The van der Waals surface area contributed by atoms with Crippen LogP contribution in [0.4, 0.5) is 0 Å². The lowest BCUT2D eigenvalue weighted by Gasteiger charge is -2.11. The van der Waals surface area contributed by atoms with Crippen LogP contribution in [0.5, 0.6) is 0 Å². The number of nitrogens with one attached hydrogen (secondary N) is 1. The normalized spacial score (nSPS) is 11.2. The fourth-order valence-corrected chi connectivity index (χ4v) is 2.01. The second-order valence-electron chi connectivity index (χ2n) is 5.28. The molecule has 2 rings (SSSR count). The second kappa shape index (κ2) is 5.97. The lowest BCUT2D eigenvalue weighted by atomic mass is 10.2. The molecule has 0 saturated carbocycles. The molecular formula is C15H22N4. The van der Waals surface area contributed by atoms with Crippen molar-refractivity contribution in [2.45, 2.75) is 34.2 Å². The largest absolute Gasteiger partial charge is 0.312 e. The minimum absolute atomic E-state index is 0.668. The Morgan fingerprint density at radius 3 is 2.63 bits per heavy atom. The van der Waals surface area contributed by atoms with Crippen molar-refractivity contribution in [2.24, 2.45) is 5.92 Å². The molecule has 0 aliphatic carbocycles. The van der Waals surface area contributed by atoms with Crippen LogP contribution in [0.25, 0.3) is 5.82 Å². The summed E-state index contributed by atoms with van der Waals surface area (Å²) in [5.74, 6) is 2.55. The maximum Gasteiger partial charge on any atom is 0.138 e. The van der Waals surface area contributed by atoms with Crippen molar-refractivity contribution in [1.82, 2.24) is 19.9 Å². The number of nitrogens with zero attached hydrogens (tertiary/aromatic N) is 3. The third-order valence-electron chi connectivity index (χ3n) is 3.12. The molecule has 0 unspecified atom stereocenters. The Kier molecular flexibility index (Phi) is 4.32. The Morgan fingerprint density at radius 1 is 1.26 bits per heavy atom. The summed E-state index contributed by atoms with van der Waals surface area (Å²) in [4.78, 5) is 8.88.